The van der Waals surface area contributed by atoms with Gasteiger partial charge in [0.25, 0.3) is 0 Å². The number of esters is 1. The third kappa shape index (κ3) is 3.21. The van der Waals surface area contributed by atoms with E-state index in [9.17, 15) is 4.79 Å². The van der Waals surface area contributed by atoms with E-state index in [1.807, 2.05) is 0 Å². The minimum Gasteiger partial charge on any atom is -0.468 e. The van der Waals surface area contributed by atoms with Crippen molar-refractivity contribution in [2.24, 2.45) is 17.8 Å². The Labute approximate surface area is 104 Å². The minimum atomic E-state index is -0.115. The lowest BCUT2D eigenvalue weighted by atomic mass is 9.96. The van der Waals surface area contributed by atoms with Crippen molar-refractivity contribution in [1.82, 2.24) is 5.32 Å². The molecule has 98 valence electrons. The first-order valence-electron chi connectivity index (χ1n) is 7.01. The largest absolute Gasteiger partial charge is 0.468 e. The summed E-state index contributed by atoms with van der Waals surface area (Å²) in [6.07, 6.45) is 6.35. The van der Waals surface area contributed by atoms with E-state index >= 15 is 0 Å². The first kappa shape index (κ1) is 12.9. The van der Waals surface area contributed by atoms with Crippen LogP contribution in [-0.4, -0.2) is 25.2 Å². The summed E-state index contributed by atoms with van der Waals surface area (Å²) in [4.78, 5) is 11.8. The van der Waals surface area contributed by atoms with Gasteiger partial charge < -0.3 is 10.1 Å². The van der Waals surface area contributed by atoms with Crippen LogP contribution in [0.25, 0.3) is 0 Å². The zero-order valence-corrected chi connectivity index (χ0v) is 11.2. The molecule has 17 heavy (non-hydrogen) atoms. The van der Waals surface area contributed by atoms with Crippen LogP contribution in [0.3, 0.4) is 0 Å². The molecule has 0 aromatic rings. The molecule has 0 amide bonds. The van der Waals surface area contributed by atoms with Crippen LogP contribution in [-0.2, 0) is 9.53 Å². The van der Waals surface area contributed by atoms with Crippen molar-refractivity contribution < 1.29 is 9.53 Å². The molecule has 0 aromatic carbocycles. The van der Waals surface area contributed by atoms with Gasteiger partial charge in [-0.15, -0.1) is 0 Å². The van der Waals surface area contributed by atoms with Crippen LogP contribution in [0.15, 0.2) is 0 Å². The fourth-order valence-corrected chi connectivity index (χ4v) is 2.60. The Hall–Kier alpha value is -0.570. The number of methoxy groups -OCH3 is 1. The number of carbonyl (C=O) groups is 1. The minimum absolute atomic E-state index is 0.0920. The lowest BCUT2D eigenvalue weighted by Gasteiger charge is -2.27. The van der Waals surface area contributed by atoms with Gasteiger partial charge in [0.05, 0.1) is 7.11 Å². The number of hydrogen-bond donors (Lipinski definition) is 1. The van der Waals surface area contributed by atoms with Gasteiger partial charge in [-0.05, 0) is 43.4 Å². The molecular weight excluding hydrogens is 214 g/mol. The van der Waals surface area contributed by atoms with Crippen LogP contribution >= 0.6 is 0 Å². The molecule has 2 unspecified atom stereocenters. The summed E-state index contributed by atoms with van der Waals surface area (Å²) in [6, 6.07) is 0.448. The summed E-state index contributed by atoms with van der Waals surface area (Å²) >= 11 is 0. The van der Waals surface area contributed by atoms with E-state index in [2.05, 4.69) is 19.2 Å². The van der Waals surface area contributed by atoms with Gasteiger partial charge in [-0.25, -0.2) is 0 Å². The van der Waals surface area contributed by atoms with Crippen molar-refractivity contribution in [1.29, 1.82) is 0 Å². The average Bonchev–Trinajstić information content (AvgIpc) is 3.18. The summed E-state index contributed by atoms with van der Waals surface area (Å²) in [5, 5.41) is 3.60. The summed E-state index contributed by atoms with van der Waals surface area (Å²) in [7, 11) is 1.49. The van der Waals surface area contributed by atoms with Crippen LogP contribution in [0.2, 0.25) is 0 Å². The Bertz CT molecular complexity index is 259. The zero-order chi connectivity index (χ0) is 12.4. The second kappa shape index (κ2) is 5.38. The highest BCUT2D eigenvalue weighted by Gasteiger charge is 2.43. The van der Waals surface area contributed by atoms with E-state index < -0.39 is 0 Å². The average molecular weight is 239 g/mol. The highest BCUT2D eigenvalue weighted by molar-refractivity contribution is 5.76. The molecule has 3 heteroatoms. The van der Waals surface area contributed by atoms with Gasteiger partial charge in [0.2, 0.25) is 0 Å². The second-order valence-corrected chi connectivity index (χ2v) is 5.75. The quantitative estimate of drug-likeness (QED) is 0.693. The number of ether oxygens (including phenoxy) is 1. The van der Waals surface area contributed by atoms with Crippen LogP contribution in [0.5, 0.6) is 0 Å². The van der Waals surface area contributed by atoms with E-state index in [1.165, 1.54) is 32.8 Å². The molecule has 0 spiro atoms. The molecular formula is C14H25NO2. The summed E-state index contributed by atoms with van der Waals surface area (Å²) in [5.74, 6) is 1.89. The van der Waals surface area contributed by atoms with Crippen LogP contribution in [0, 0.1) is 17.8 Å². The molecule has 0 bridgehead atoms. The van der Waals surface area contributed by atoms with Crippen LogP contribution in [0.1, 0.15) is 46.0 Å². The Morgan fingerprint density at radius 1 is 1.29 bits per heavy atom. The third-order valence-electron chi connectivity index (χ3n) is 4.30. The lowest BCUT2D eigenvalue weighted by molar-refractivity contribution is -0.144. The maximum Gasteiger partial charge on any atom is 0.323 e. The van der Waals surface area contributed by atoms with Crippen molar-refractivity contribution >= 4 is 5.97 Å². The van der Waals surface area contributed by atoms with E-state index in [0.29, 0.717) is 12.0 Å². The van der Waals surface area contributed by atoms with Crippen molar-refractivity contribution in [3.63, 3.8) is 0 Å². The normalized spacial score (nSPS) is 23.5. The van der Waals surface area contributed by atoms with Crippen LogP contribution < -0.4 is 5.32 Å². The molecule has 0 aliphatic heterocycles. The first-order valence-corrected chi connectivity index (χ1v) is 7.01. The van der Waals surface area contributed by atoms with E-state index in [4.69, 9.17) is 4.74 Å². The molecule has 2 fully saturated rings. The molecule has 2 aliphatic rings. The van der Waals surface area contributed by atoms with Gasteiger partial charge in [-0.3, -0.25) is 4.79 Å². The Kier molecular flexibility index (Phi) is 4.08. The number of carbonyl (C=O) groups excluding carboxylic acids is 1. The molecule has 0 heterocycles. The van der Waals surface area contributed by atoms with Gasteiger partial charge in [0.15, 0.2) is 0 Å². The first-order chi connectivity index (χ1) is 8.17. The van der Waals surface area contributed by atoms with Crippen molar-refractivity contribution in [3.8, 4) is 0 Å². The number of nitrogens with one attached hydrogen (secondary N) is 1. The third-order valence-corrected chi connectivity index (χ3v) is 4.30. The molecule has 0 saturated heterocycles. The maximum absolute atomic E-state index is 11.8. The number of rotatable bonds is 7. The van der Waals surface area contributed by atoms with Gasteiger partial charge >= 0.3 is 5.97 Å². The van der Waals surface area contributed by atoms with Crippen molar-refractivity contribution in [3.05, 3.63) is 0 Å². The summed E-state index contributed by atoms with van der Waals surface area (Å²) in [6.45, 7) is 4.26. The summed E-state index contributed by atoms with van der Waals surface area (Å²) in [5.41, 5.74) is 0. The monoisotopic (exact) mass is 239 g/mol. The Balaban J connectivity index is 1.96. The standard InChI is InChI=1S/C14H25NO2/c1-4-9(2)12(14(16)17-3)15-13(10-5-6-10)11-7-8-11/h9-13,15H,4-8H2,1-3H3. The predicted molar refractivity (Wildman–Crippen MR) is 67.6 cm³/mol. The fourth-order valence-electron chi connectivity index (χ4n) is 2.60. The molecule has 3 nitrogen and oxygen atoms in total. The van der Waals surface area contributed by atoms with Crippen molar-refractivity contribution in [2.45, 2.75) is 58.0 Å². The molecule has 2 atom stereocenters. The number of hydrogen-bond acceptors (Lipinski definition) is 3. The highest BCUT2D eigenvalue weighted by atomic mass is 16.5. The molecule has 2 aliphatic carbocycles. The van der Waals surface area contributed by atoms with Gasteiger partial charge in [0.1, 0.15) is 6.04 Å². The molecule has 0 radical (unpaired) electrons. The van der Waals surface area contributed by atoms with Crippen molar-refractivity contribution in [2.75, 3.05) is 7.11 Å². The zero-order valence-electron chi connectivity index (χ0n) is 11.2. The SMILES string of the molecule is CCC(C)C(NC(C1CC1)C1CC1)C(=O)OC. The van der Waals surface area contributed by atoms with E-state index in [0.717, 1.165) is 18.3 Å². The lowest BCUT2D eigenvalue weighted by Crippen LogP contribution is -2.49. The molecule has 2 saturated carbocycles. The van der Waals surface area contributed by atoms with Gasteiger partial charge in [-0.1, -0.05) is 20.3 Å². The molecule has 1 N–H and O–H groups in total. The molecule has 0 aromatic heterocycles. The fraction of sp³-hybridized carbons (Fsp3) is 0.929. The highest BCUT2D eigenvalue weighted by Crippen LogP contribution is 2.44. The Morgan fingerprint density at radius 2 is 1.82 bits per heavy atom. The Morgan fingerprint density at radius 3 is 2.18 bits per heavy atom. The van der Waals surface area contributed by atoms with E-state index in [-0.39, 0.29) is 12.0 Å². The second-order valence-electron chi connectivity index (χ2n) is 5.75. The smallest absolute Gasteiger partial charge is 0.323 e. The summed E-state index contributed by atoms with van der Waals surface area (Å²) < 4.78 is 4.94. The predicted octanol–water partition coefficient (Wildman–Crippen LogP) is 2.35. The topological polar surface area (TPSA) is 38.3 Å². The maximum atomic E-state index is 11.8. The van der Waals surface area contributed by atoms with Gasteiger partial charge in [-0.2, -0.15) is 0 Å². The van der Waals surface area contributed by atoms with Crippen LogP contribution in [0.4, 0.5) is 0 Å². The van der Waals surface area contributed by atoms with Gasteiger partial charge in [0, 0.05) is 6.04 Å². The molecule has 2 rings (SSSR count). The van der Waals surface area contributed by atoms with E-state index in [1.54, 1.807) is 0 Å².